The van der Waals surface area contributed by atoms with Crippen molar-refractivity contribution in [1.29, 1.82) is 0 Å². The van der Waals surface area contributed by atoms with Gasteiger partial charge in [-0.05, 0) is 37.1 Å². The Hall–Kier alpha value is -0.530. The van der Waals surface area contributed by atoms with Crippen molar-refractivity contribution in [2.45, 2.75) is 232 Å². The maximum Gasteiger partial charge on any atom is 0.0474 e. The van der Waals surface area contributed by atoms with E-state index in [0.717, 1.165) is 6.54 Å². The van der Waals surface area contributed by atoms with Gasteiger partial charge >= 0.3 is 0 Å². The van der Waals surface area contributed by atoms with E-state index < -0.39 is 0 Å². The number of hydrogen-bond donors (Lipinski definition) is 0. The topological polar surface area (TPSA) is 3.24 Å². The predicted molar refractivity (Wildman–Crippen MR) is 210 cm³/mol. The highest BCUT2D eigenvalue weighted by Gasteiger charge is 2.07. The van der Waals surface area contributed by atoms with Gasteiger partial charge in [-0.3, -0.25) is 4.90 Å². The number of unbranched alkanes of at least 4 members (excludes halogenated alkanes) is 30. The second kappa shape index (κ2) is 35.8. The summed E-state index contributed by atoms with van der Waals surface area (Å²) in [6.07, 6.45) is 46.1. The van der Waals surface area contributed by atoms with E-state index in [4.69, 9.17) is 11.6 Å². The zero-order valence-corrected chi connectivity index (χ0v) is 32.3. The minimum absolute atomic E-state index is 0.613. The van der Waals surface area contributed by atoms with E-state index in [1.165, 1.54) is 230 Å². The Morgan fingerprint density at radius 3 is 0.848 bits per heavy atom. The van der Waals surface area contributed by atoms with Gasteiger partial charge in [-0.2, -0.15) is 0 Å². The number of nitrogens with zero attached hydrogens (tertiary/aromatic N) is 1. The number of rotatable bonds is 37. The van der Waals surface area contributed by atoms with Gasteiger partial charge in [0.25, 0.3) is 0 Å². The summed E-state index contributed by atoms with van der Waals surface area (Å²) in [6.45, 7) is 8.23. The Balaban J connectivity index is 2.07. The van der Waals surface area contributed by atoms with Crippen molar-refractivity contribution in [2.24, 2.45) is 0 Å². The maximum atomic E-state index is 6.04. The van der Waals surface area contributed by atoms with Crippen LogP contribution in [0.2, 0.25) is 0 Å². The summed E-state index contributed by atoms with van der Waals surface area (Å²) in [7, 11) is 0. The molecule has 0 aliphatic heterocycles. The lowest BCUT2D eigenvalue weighted by Crippen LogP contribution is -2.25. The third-order valence-corrected chi connectivity index (χ3v) is 10.5. The average Bonchev–Trinajstić information content (AvgIpc) is 3.08. The van der Waals surface area contributed by atoms with Gasteiger partial charge in [-0.1, -0.05) is 231 Å². The van der Waals surface area contributed by atoms with Crippen LogP contribution in [0.4, 0.5) is 0 Å². The Labute approximate surface area is 295 Å². The van der Waals surface area contributed by atoms with Crippen LogP contribution in [-0.4, -0.2) is 18.0 Å². The molecular formula is C44H82ClN. The van der Waals surface area contributed by atoms with E-state index in [1.54, 1.807) is 0 Å². The first kappa shape index (κ1) is 43.5. The van der Waals surface area contributed by atoms with Crippen LogP contribution in [0.3, 0.4) is 0 Å². The summed E-state index contributed by atoms with van der Waals surface area (Å²) >= 11 is 6.04. The lowest BCUT2D eigenvalue weighted by molar-refractivity contribution is 0.252. The summed E-state index contributed by atoms with van der Waals surface area (Å²) in [4.78, 5) is 2.74. The third kappa shape index (κ3) is 29.6. The van der Waals surface area contributed by atoms with E-state index in [0.29, 0.717) is 5.88 Å². The molecule has 0 aliphatic rings. The van der Waals surface area contributed by atoms with Gasteiger partial charge < -0.3 is 0 Å². The first-order chi connectivity index (χ1) is 22.8. The van der Waals surface area contributed by atoms with Gasteiger partial charge in [-0.25, -0.2) is 0 Å². The first-order valence-corrected chi connectivity index (χ1v) is 21.7. The van der Waals surface area contributed by atoms with Gasteiger partial charge in [-0.15, -0.1) is 11.6 Å². The lowest BCUT2D eigenvalue weighted by Gasteiger charge is -2.22. The van der Waals surface area contributed by atoms with E-state index in [2.05, 4.69) is 43.0 Å². The zero-order chi connectivity index (χ0) is 33.0. The Kier molecular flexibility index (Phi) is 33.8. The number of alkyl halides is 1. The highest BCUT2D eigenvalue weighted by molar-refractivity contribution is 6.17. The summed E-state index contributed by atoms with van der Waals surface area (Å²) in [5, 5.41) is 0. The van der Waals surface area contributed by atoms with Crippen molar-refractivity contribution < 1.29 is 0 Å². The smallest absolute Gasteiger partial charge is 0.0474 e. The molecule has 1 nitrogen and oxygen atoms in total. The standard InChI is InChI=1S/C44H82ClN/c1-3-5-7-9-11-13-15-17-19-21-23-25-27-29-31-33-39-46(42-44-37-35-43(41-45)36-38-44)40-34-32-30-28-26-24-22-20-18-16-14-12-10-8-6-4-2/h35-38H,3-34,39-42H2,1-2H3. The first-order valence-electron chi connectivity index (χ1n) is 21.2. The Bertz CT molecular complexity index is 664. The largest absolute Gasteiger partial charge is 0.299 e. The van der Waals surface area contributed by atoms with Crippen LogP contribution in [0.25, 0.3) is 0 Å². The van der Waals surface area contributed by atoms with Crippen molar-refractivity contribution in [3.8, 4) is 0 Å². The summed E-state index contributed by atoms with van der Waals surface area (Å²) in [5.41, 5.74) is 2.68. The number of benzene rings is 1. The molecule has 0 N–H and O–H groups in total. The lowest BCUT2D eigenvalue weighted by atomic mass is 10.0. The highest BCUT2D eigenvalue weighted by Crippen LogP contribution is 2.17. The molecular weight excluding hydrogens is 578 g/mol. The van der Waals surface area contributed by atoms with E-state index in [1.807, 2.05) is 0 Å². The van der Waals surface area contributed by atoms with Crippen molar-refractivity contribution in [2.75, 3.05) is 13.1 Å². The maximum absolute atomic E-state index is 6.04. The van der Waals surface area contributed by atoms with E-state index >= 15 is 0 Å². The molecule has 0 unspecified atom stereocenters. The van der Waals surface area contributed by atoms with Crippen LogP contribution in [0.5, 0.6) is 0 Å². The average molecular weight is 661 g/mol. The Morgan fingerprint density at radius 1 is 0.348 bits per heavy atom. The molecule has 0 aliphatic carbocycles. The van der Waals surface area contributed by atoms with Crippen LogP contribution in [0.1, 0.15) is 230 Å². The second-order valence-corrected chi connectivity index (χ2v) is 15.1. The summed E-state index contributed by atoms with van der Waals surface area (Å²) in [6, 6.07) is 9.02. The van der Waals surface area contributed by atoms with Crippen LogP contribution < -0.4 is 0 Å². The number of hydrogen-bond acceptors (Lipinski definition) is 1. The molecule has 0 saturated carbocycles. The molecule has 0 heterocycles. The highest BCUT2D eigenvalue weighted by atomic mass is 35.5. The van der Waals surface area contributed by atoms with Crippen molar-refractivity contribution in [3.05, 3.63) is 35.4 Å². The van der Waals surface area contributed by atoms with Crippen LogP contribution in [-0.2, 0) is 12.4 Å². The quantitative estimate of drug-likeness (QED) is 0.0507. The van der Waals surface area contributed by atoms with Gasteiger partial charge in [0.05, 0.1) is 0 Å². The van der Waals surface area contributed by atoms with Crippen molar-refractivity contribution in [3.63, 3.8) is 0 Å². The third-order valence-electron chi connectivity index (χ3n) is 10.2. The van der Waals surface area contributed by atoms with Gasteiger partial charge in [0.15, 0.2) is 0 Å². The fourth-order valence-corrected chi connectivity index (χ4v) is 7.21. The van der Waals surface area contributed by atoms with E-state index in [-0.39, 0.29) is 0 Å². The normalized spacial score (nSPS) is 11.7. The molecule has 0 saturated heterocycles. The monoisotopic (exact) mass is 660 g/mol. The minimum Gasteiger partial charge on any atom is -0.299 e. The van der Waals surface area contributed by atoms with Crippen LogP contribution in [0.15, 0.2) is 24.3 Å². The molecule has 2 heteroatoms. The second-order valence-electron chi connectivity index (χ2n) is 14.8. The molecule has 0 bridgehead atoms. The SMILES string of the molecule is CCCCCCCCCCCCCCCCCCN(CCCCCCCCCCCCCCCCCC)Cc1ccc(CCl)cc1. The minimum atomic E-state index is 0.613. The molecule has 0 radical (unpaired) electrons. The molecule has 0 spiro atoms. The molecule has 270 valence electrons. The molecule has 0 fully saturated rings. The summed E-state index contributed by atoms with van der Waals surface area (Å²) < 4.78 is 0. The fraction of sp³-hybridized carbons (Fsp3) is 0.864. The summed E-state index contributed by atoms with van der Waals surface area (Å²) in [5.74, 6) is 0.613. The molecule has 1 rings (SSSR count). The van der Waals surface area contributed by atoms with Crippen LogP contribution in [0, 0.1) is 0 Å². The molecule has 0 atom stereocenters. The van der Waals surface area contributed by atoms with Gasteiger partial charge in [0.1, 0.15) is 0 Å². The van der Waals surface area contributed by atoms with Crippen LogP contribution >= 0.6 is 11.6 Å². The molecule has 46 heavy (non-hydrogen) atoms. The van der Waals surface area contributed by atoms with E-state index in [9.17, 15) is 0 Å². The molecule has 0 amide bonds. The predicted octanol–water partition coefficient (Wildman–Crippen LogP) is 15.8. The zero-order valence-electron chi connectivity index (χ0n) is 31.6. The Morgan fingerprint density at radius 2 is 0.587 bits per heavy atom. The van der Waals surface area contributed by atoms with Crippen molar-refractivity contribution >= 4 is 11.6 Å². The number of halogens is 1. The fourth-order valence-electron chi connectivity index (χ4n) is 7.03. The molecule has 1 aromatic carbocycles. The molecule has 1 aromatic rings. The van der Waals surface area contributed by atoms with Gasteiger partial charge in [0, 0.05) is 12.4 Å². The van der Waals surface area contributed by atoms with Crippen molar-refractivity contribution in [1.82, 2.24) is 4.90 Å². The molecule has 0 aromatic heterocycles. The van der Waals surface area contributed by atoms with Gasteiger partial charge in [0.2, 0.25) is 0 Å².